The lowest BCUT2D eigenvalue weighted by Gasteiger charge is -2.14. The molecule has 0 spiro atoms. The third-order valence-electron chi connectivity index (χ3n) is 3.26. The molecule has 2 aromatic carbocycles. The van der Waals surface area contributed by atoms with Crippen molar-refractivity contribution in [3.8, 4) is 11.4 Å². The largest absolute Gasteiger partial charge is 0.367 e. The number of amides is 1. The summed E-state index contributed by atoms with van der Waals surface area (Å²) >= 11 is 1.15. The molecule has 23 heavy (non-hydrogen) atoms. The minimum atomic E-state index is -0.680. The van der Waals surface area contributed by atoms with Crippen molar-refractivity contribution in [2.75, 3.05) is 12.4 Å². The van der Waals surface area contributed by atoms with Gasteiger partial charge in [-0.2, -0.15) is 9.36 Å². The first kappa shape index (κ1) is 15.3. The number of methoxy groups -OCH3 is 1. The Balaban J connectivity index is 1.74. The summed E-state index contributed by atoms with van der Waals surface area (Å²) in [7, 11) is 1.51. The molecule has 0 saturated heterocycles. The van der Waals surface area contributed by atoms with Crippen LogP contribution in [0.4, 0.5) is 5.13 Å². The van der Waals surface area contributed by atoms with Crippen molar-refractivity contribution in [3.63, 3.8) is 0 Å². The lowest BCUT2D eigenvalue weighted by atomic mass is 10.1. The Morgan fingerprint density at radius 2 is 1.74 bits per heavy atom. The number of nitrogens with zero attached hydrogens (tertiary/aromatic N) is 2. The molecular formula is C17H15N3O2S. The molecule has 6 heteroatoms. The summed E-state index contributed by atoms with van der Waals surface area (Å²) in [6, 6.07) is 19.0. The molecule has 3 aromatic rings. The van der Waals surface area contributed by atoms with Crippen molar-refractivity contribution in [1.82, 2.24) is 9.36 Å². The van der Waals surface area contributed by atoms with Gasteiger partial charge in [-0.05, 0) is 5.56 Å². The molecule has 0 aliphatic carbocycles. The van der Waals surface area contributed by atoms with E-state index in [4.69, 9.17) is 4.74 Å². The predicted molar refractivity (Wildman–Crippen MR) is 90.2 cm³/mol. The molecule has 1 amide bonds. The van der Waals surface area contributed by atoms with E-state index in [1.807, 2.05) is 60.7 Å². The lowest BCUT2D eigenvalue weighted by Crippen LogP contribution is -2.22. The van der Waals surface area contributed by atoms with Crippen LogP contribution < -0.4 is 5.32 Å². The Kier molecular flexibility index (Phi) is 4.75. The number of carbonyl (C=O) groups excluding carboxylic acids is 1. The van der Waals surface area contributed by atoms with Gasteiger partial charge < -0.3 is 4.74 Å². The van der Waals surface area contributed by atoms with Crippen LogP contribution in [-0.2, 0) is 9.53 Å². The maximum atomic E-state index is 12.4. The van der Waals surface area contributed by atoms with Crippen molar-refractivity contribution in [2.45, 2.75) is 6.10 Å². The van der Waals surface area contributed by atoms with E-state index in [-0.39, 0.29) is 5.91 Å². The SMILES string of the molecule is CO[C@H](C(=O)Nc1nc(-c2ccccc2)ns1)c1ccccc1. The summed E-state index contributed by atoms with van der Waals surface area (Å²) in [6.07, 6.45) is -0.680. The second kappa shape index (κ2) is 7.13. The van der Waals surface area contributed by atoms with Gasteiger partial charge in [-0.15, -0.1) is 0 Å². The van der Waals surface area contributed by atoms with Crippen LogP contribution in [0.3, 0.4) is 0 Å². The fourth-order valence-electron chi connectivity index (χ4n) is 2.17. The standard InChI is InChI=1S/C17H15N3O2S/c1-22-14(12-8-4-2-5-9-12)16(21)19-17-18-15(20-23-17)13-10-6-3-7-11-13/h2-11,14H,1H3,(H,18,19,20,21)/t14-/m0/s1. The topological polar surface area (TPSA) is 64.1 Å². The minimum Gasteiger partial charge on any atom is -0.367 e. The first-order valence-electron chi connectivity index (χ1n) is 7.05. The molecule has 1 atom stereocenters. The van der Waals surface area contributed by atoms with Gasteiger partial charge in [-0.1, -0.05) is 60.7 Å². The number of ether oxygens (including phenoxy) is 1. The number of rotatable bonds is 5. The van der Waals surface area contributed by atoms with Crippen molar-refractivity contribution in [3.05, 3.63) is 66.2 Å². The van der Waals surface area contributed by atoms with Gasteiger partial charge in [0.2, 0.25) is 5.13 Å². The molecular weight excluding hydrogens is 310 g/mol. The summed E-state index contributed by atoms with van der Waals surface area (Å²) in [5.41, 5.74) is 1.70. The van der Waals surface area contributed by atoms with Crippen LogP contribution in [0.25, 0.3) is 11.4 Å². The molecule has 3 rings (SSSR count). The first-order valence-corrected chi connectivity index (χ1v) is 7.83. The normalized spacial score (nSPS) is 11.9. The van der Waals surface area contributed by atoms with E-state index in [0.29, 0.717) is 11.0 Å². The van der Waals surface area contributed by atoms with Gasteiger partial charge in [-0.3, -0.25) is 10.1 Å². The second-order valence-corrected chi connectivity index (χ2v) is 5.56. The lowest BCUT2D eigenvalue weighted by molar-refractivity contribution is -0.126. The summed E-state index contributed by atoms with van der Waals surface area (Å²) < 4.78 is 9.58. The molecule has 0 fully saturated rings. The van der Waals surface area contributed by atoms with Crippen molar-refractivity contribution >= 4 is 22.6 Å². The number of aromatic nitrogens is 2. The summed E-state index contributed by atoms with van der Waals surface area (Å²) in [6.45, 7) is 0. The highest BCUT2D eigenvalue weighted by Gasteiger charge is 2.21. The van der Waals surface area contributed by atoms with Gasteiger partial charge in [0.25, 0.3) is 5.91 Å². The summed E-state index contributed by atoms with van der Waals surface area (Å²) in [5, 5.41) is 3.21. The van der Waals surface area contributed by atoms with E-state index in [1.165, 1.54) is 7.11 Å². The van der Waals surface area contributed by atoms with E-state index < -0.39 is 6.10 Å². The number of hydrogen-bond acceptors (Lipinski definition) is 5. The van der Waals surface area contributed by atoms with Gasteiger partial charge in [0.15, 0.2) is 11.9 Å². The molecule has 0 bridgehead atoms. The molecule has 0 aliphatic rings. The van der Waals surface area contributed by atoms with Crippen molar-refractivity contribution in [2.24, 2.45) is 0 Å². The maximum Gasteiger partial charge on any atom is 0.259 e. The second-order valence-electron chi connectivity index (χ2n) is 4.80. The average molecular weight is 325 g/mol. The number of anilines is 1. The molecule has 0 radical (unpaired) electrons. The van der Waals surface area contributed by atoms with E-state index in [2.05, 4.69) is 14.7 Å². The zero-order valence-electron chi connectivity index (χ0n) is 12.5. The van der Waals surface area contributed by atoms with Crippen LogP contribution in [0.15, 0.2) is 60.7 Å². The number of carbonyl (C=O) groups is 1. The van der Waals surface area contributed by atoms with Crippen LogP contribution in [0, 0.1) is 0 Å². The van der Waals surface area contributed by atoms with Crippen molar-refractivity contribution in [1.29, 1.82) is 0 Å². The minimum absolute atomic E-state index is 0.269. The van der Waals surface area contributed by atoms with Gasteiger partial charge in [-0.25, -0.2) is 0 Å². The number of benzene rings is 2. The Morgan fingerprint density at radius 1 is 1.09 bits per heavy atom. The van der Waals surface area contributed by atoms with Crippen LogP contribution in [0.1, 0.15) is 11.7 Å². The van der Waals surface area contributed by atoms with Crippen LogP contribution >= 0.6 is 11.5 Å². The zero-order chi connectivity index (χ0) is 16.1. The fourth-order valence-corrected chi connectivity index (χ4v) is 2.76. The van der Waals surface area contributed by atoms with Gasteiger partial charge in [0, 0.05) is 24.2 Å². The average Bonchev–Trinajstić information content (AvgIpc) is 3.06. The van der Waals surface area contributed by atoms with Gasteiger partial charge >= 0.3 is 0 Å². The molecule has 0 aliphatic heterocycles. The van der Waals surface area contributed by atoms with Gasteiger partial charge in [0.1, 0.15) is 0 Å². The fraction of sp³-hybridized carbons (Fsp3) is 0.118. The van der Waals surface area contributed by atoms with Crippen molar-refractivity contribution < 1.29 is 9.53 Å². The quantitative estimate of drug-likeness (QED) is 0.779. The highest BCUT2D eigenvalue weighted by atomic mass is 32.1. The maximum absolute atomic E-state index is 12.4. The molecule has 1 N–H and O–H groups in total. The van der Waals surface area contributed by atoms with Crippen LogP contribution in [0.2, 0.25) is 0 Å². The Morgan fingerprint density at radius 3 is 2.39 bits per heavy atom. The molecule has 116 valence electrons. The molecule has 0 saturated carbocycles. The van der Waals surface area contributed by atoms with E-state index in [0.717, 1.165) is 22.7 Å². The third kappa shape index (κ3) is 3.61. The van der Waals surface area contributed by atoms with Crippen LogP contribution in [0.5, 0.6) is 0 Å². The van der Waals surface area contributed by atoms with E-state index in [1.54, 1.807) is 0 Å². The van der Waals surface area contributed by atoms with Gasteiger partial charge in [0.05, 0.1) is 0 Å². The summed E-state index contributed by atoms with van der Waals surface area (Å²) in [5.74, 6) is 0.328. The smallest absolute Gasteiger partial charge is 0.259 e. The highest BCUT2D eigenvalue weighted by molar-refractivity contribution is 7.10. The molecule has 5 nitrogen and oxygen atoms in total. The Labute approximate surface area is 138 Å². The summed E-state index contributed by atoms with van der Waals surface area (Å²) in [4.78, 5) is 16.7. The Bertz CT molecular complexity index is 775. The first-order chi connectivity index (χ1) is 11.3. The number of hydrogen-bond donors (Lipinski definition) is 1. The molecule has 1 aromatic heterocycles. The third-order valence-corrected chi connectivity index (χ3v) is 3.89. The predicted octanol–water partition coefficient (Wildman–Crippen LogP) is 3.53. The molecule has 0 unspecified atom stereocenters. The Hall–Kier alpha value is -2.57. The zero-order valence-corrected chi connectivity index (χ0v) is 13.3. The molecule has 1 heterocycles. The van der Waals surface area contributed by atoms with E-state index in [9.17, 15) is 4.79 Å². The monoisotopic (exact) mass is 325 g/mol. The highest BCUT2D eigenvalue weighted by Crippen LogP contribution is 2.23. The van der Waals surface area contributed by atoms with E-state index >= 15 is 0 Å². The number of nitrogens with one attached hydrogen (secondary N) is 1. The van der Waals surface area contributed by atoms with Crippen LogP contribution in [-0.4, -0.2) is 22.4 Å².